The summed E-state index contributed by atoms with van der Waals surface area (Å²) in [5.41, 5.74) is -0.0722. The van der Waals surface area contributed by atoms with E-state index in [9.17, 15) is 0 Å². The minimum atomic E-state index is -0.0722. The van der Waals surface area contributed by atoms with Gasteiger partial charge in [-0.15, -0.1) is 6.42 Å². The van der Waals surface area contributed by atoms with E-state index in [4.69, 9.17) is 6.42 Å². The van der Waals surface area contributed by atoms with Crippen LogP contribution in [0.2, 0.25) is 0 Å². The maximum Gasteiger partial charge on any atom is 0.0766 e. The molecule has 1 rings (SSSR count). The highest BCUT2D eigenvalue weighted by Gasteiger charge is 2.28. The van der Waals surface area contributed by atoms with Gasteiger partial charge >= 0.3 is 0 Å². The Hall–Kier alpha value is -0.520. The zero-order valence-corrected chi connectivity index (χ0v) is 9.64. The van der Waals surface area contributed by atoms with Gasteiger partial charge in [-0.1, -0.05) is 12.8 Å². The summed E-state index contributed by atoms with van der Waals surface area (Å²) in [5.74, 6) is 2.86. The average Bonchev–Trinajstić information content (AvgIpc) is 2.19. The summed E-state index contributed by atoms with van der Waals surface area (Å²) in [6, 6.07) is 0.699. The van der Waals surface area contributed by atoms with E-state index in [1.54, 1.807) is 0 Å². The first-order chi connectivity index (χ1) is 6.60. The van der Waals surface area contributed by atoms with Crippen LogP contribution in [0.4, 0.5) is 0 Å². The van der Waals surface area contributed by atoms with Gasteiger partial charge in [0.25, 0.3) is 0 Å². The summed E-state index contributed by atoms with van der Waals surface area (Å²) in [6.07, 6.45) is 7.97. The second-order valence-corrected chi connectivity index (χ2v) is 4.52. The van der Waals surface area contributed by atoms with Gasteiger partial charge < -0.3 is 5.32 Å². The van der Waals surface area contributed by atoms with E-state index in [-0.39, 0.29) is 5.54 Å². The molecule has 1 fully saturated rings. The molecule has 0 saturated carbocycles. The van der Waals surface area contributed by atoms with Crippen LogP contribution >= 0.6 is 0 Å². The quantitative estimate of drug-likeness (QED) is 0.685. The van der Waals surface area contributed by atoms with Crippen LogP contribution in [-0.2, 0) is 0 Å². The van der Waals surface area contributed by atoms with Crippen molar-refractivity contribution in [3.05, 3.63) is 0 Å². The smallest absolute Gasteiger partial charge is 0.0766 e. The molecular formula is C12H22N2. The molecular weight excluding hydrogens is 172 g/mol. The van der Waals surface area contributed by atoms with Gasteiger partial charge in [-0.2, -0.15) is 0 Å². The number of piperidine rings is 1. The van der Waals surface area contributed by atoms with E-state index in [0.717, 1.165) is 19.6 Å². The minimum absolute atomic E-state index is 0.0722. The monoisotopic (exact) mass is 194 g/mol. The van der Waals surface area contributed by atoms with Crippen LogP contribution in [0, 0.1) is 12.3 Å². The lowest BCUT2D eigenvalue weighted by atomic mass is 9.97. The predicted octanol–water partition coefficient (Wildman–Crippen LogP) is 1.47. The second kappa shape index (κ2) is 4.82. The van der Waals surface area contributed by atoms with Crippen molar-refractivity contribution in [3.8, 4) is 12.3 Å². The summed E-state index contributed by atoms with van der Waals surface area (Å²) in [7, 11) is 0. The van der Waals surface area contributed by atoms with Crippen molar-refractivity contribution in [1.29, 1.82) is 0 Å². The lowest BCUT2D eigenvalue weighted by molar-refractivity contribution is 0.123. The first-order valence-corrected chi connectivity index (χ1v) is 5.56. The molecule has 1 N–H and O–H groups in total. The van der Waals surface area contributed by atoms with Crippen molar-refractivity contribution in [2.24, 2.45) is 0 Å². The molecule has 2 nitrogen and oxygen atoms in total. The molecule has 1 heterocycles. The molecule has 1 saturated heterocycles. The van der Waals surface area contributed by atoms with Crippen LogP contribution in [-0.4, -0.2) is 36.1 Å². The third-order valence-electron chi connectivity index (χ3n) is 3.13. The molecule has 0 atom stereocenters. The van der Waals surface area contributed by atoms with E-state index >= 15 is 0 Å². The molecule has 0 aromatic heterocycles. The Bertz CT molecular complexity index is 207. The summed E-state index contributed by atoms with van der Waals surface area (Å²) >= 11 is 0. The van der Waals surface area contributed by atoms with Crippen LogP contribution in [0.15, 0.2) is 0 Å². The van der Waals surface area contributed by atoms with Gasteiger partial charge in [-0.25, -0.2) is 0 Å². The summed E-state index contributed by atoms with van der Waals surface area (Å²) < 4.78 is 0. The van der Waals surface area contributed by atoms with Crippen LogP contribution in [0.5, 0.6) is 0 Å². The van der Waals surface area contributed by atoms with Crippen molar-refractivity contribution in [2.75, 3.05) is 19.6 Å². The second-order valence-electron chi connectivity index (χ2n) is 4.52. The molecule has 0 radical (unpaired) electrons. The molecule has 0 aromatic carbocycles. The molecule has 2 heteroatoms. The van der Waals surface area contributed by atoms with E-state index in [2.05, 4.69) is 36.9 Å². The lowest BCUT2D eigenvalue weighted by Crippen LogP contribution is -2.50. The fourth-order valence-corrected chi connectivity index (χ4v) is 2.02. The number of hydrogen-bond donors (Lipinski definition) is 1. The third-order valence-corrected chi connectivity index (χ3v) is 3.13. The highest BCUT2D eigenvalue weighted by atomic mass is 15.2. The van der Waals surface area contributed by atoms with Gasteiger partial charge in [0.2, 0.25) is 0 Å². The van der Waals surface area contributed by atoms with Crippen molar-refractivity contribution in [3.63, 3.8) is 0 Å². The van der Waals surface area contributed by atoms with Gasteiger partial charge in [0, 0.05) is 19.1 Å². The molecule has 0 unspecified atom stereocenters. The average molecular weight is 194 g/mol. The Labute approximate surface area is 88.1 Å². The van der Waals surface area contributed by atoms with Gasteiger partial charge in [-0.05, 0) is 33.2 Å². The predicted molar refractivity (Wildman–Crippen MR) is 61.2 cm³/mol. The SMILES string of the molecule is C#CC(C)(C)N1CCC(NCC)CC1. The Morgan fingerprint density at radius 1 is 1.43 bits per heavy atom. The van der Waals surface area contributed by atoms with Gasteiger partial charge in [-0.3, -0.25) is 4.90 Å². The maximum atomic E-state index is 5.52. The number of likely N-dealkylation sites (tertiary alicyclic amines) is 1. The van der Waals surface area contributed by atoms with Crippen molar-refractivity contribution in [1.82, 2.24) is 10.2 Å². The van der Waals surface area contributed by atoms with E-state index in [1.807, 2.05) is 0 Å². The highest BCUT2D eigenvalue weighted by Crippen LogP contribution is 2.19. The number of nitrogens with zero attached hydrogens (tertiary/aromatic N) is 1. The topological polar surface area (TPSA) is 15.3 Å². The molecule has 0 bridgehead atoms. The molecule has 1 aliphatic rings. The summed E-state index contributed by atoms with van der Waals surface area (Å²) in [4.78, 5) is 2.40. The fourth-order valence-electron chi connectivity index (χ4n) is 2.02. The fraction of sp³-hybridized carbons (Fsp3) is 0.833. The molecule has 0 amide bonds. The Morgan fingerprint density at radius 2 is 2.00 bits per heavy atom. The molecule has 80 valence electrons. The van der Waals surface area contributed by atoms with Gasteiger partial charge in [0.05, 0.1) is 5.54 Å². The largest absolute Gasteiger partial charge is 0.314 e. The van der Waals surface area contributed by atoms with Crippen molar-refractivity contribution in [2.45, 2.75) is 45.2 Å². The summed E-state index contributed by atoms with van der Waals surface area (Å²) in [5, 5.41) is 3.50. The van der Waals surface area contributed by atoms with Crippen LogP contribution in [0.3, 0.4) is 0 Å². The number of hydrogen-bond acceptors (Lipinski definition) is 2. The van der Waals surface area contributed by atoms with Crippen molar-refractivity contribution >= 4 is 0 Å². The van der Waals surface area contributed by atoms with E-state index < -0.39 is 0 Å². The molecule has 0 aromatic rings. The Morgan fingerprint density at radius 3 is 2.43 bits per heavy atom. The molecule has 0 aliphatic carbocycles. The maximum absolute atomic E-state index is 5.52. The van der Waals surface area contributed by atoms with Crippen LogP contribution < -0.4 is 5.32 Å². The highest BCUT2D eigenvalue weighted by molar-refractivity contribution is 5.09. The normalized spacial score (nSPS) is 20.7. The minimum Gasteiger partial charge on any atom is -0.314 e. The first kappa shape index (κ1) is 11.6. The molecule has 1 aliphatic heterocycles. The van der Waals surface area contributed by atoms with Crippen LogP contribution in [0.25, 0.3) is 0 Å². The van der Waals surface area contributed by atoms with Crippen molar-refractivity contribution < 1.29 is 0 Å². The third kappa shape index (κ3) is 2.73. The van der Waals surface area contributed by atoms with Crippen LogP contribution in [0.1, 0.15) is 33.6 Å². The zero-order valence-electron chi connectivity index (χ0n) is 9.64. The Balaban J connectivity index is 2.40. The number of nitrogens with one attached hydrogen (secondary N) is 1. The van der Waals surface area contributed by atoms with Gasteiger partial charge in [0.15, 0.2) is 0 Å². The molecule has 0 spiro atoms. The van der Waals surface area contributed by atoms with E-state index in [1.165, 1.54) is 12.8 Å². The zero-order chi connectivity index (χ0) is 10.6. The standard InChI is InChI=1S/C12H22N2/c1-5-12(3,4)14-9-7-11(8-10-14)13-6-2/h1,11,13H,6-10H2,2-4H3. The summed E-state index contributed by atoms with van der Waals surface area (Å²) in [6.45, 7) is 9.73. The molecule has 14 heavy (non-hydrogen) atoms. The number of rotatable bonds is 3. The Kier molecular flexibility index (Phi) is 3.97. The number of terminal acetylenes is 1. The van der Waals surface area contributed by atoms with E-state index in [0.29, 0.717) is 6.04 Å². The first-order valence-electron chi connectivity index (χ1n) is 5.56. The van der Waals surface area contributed by atoms with Gasteiger partial charge in [0.1, 0.15) is 0 Å². The lowest BCUT2D eigenvalue weighted by Gasteiger charge is -2.40.